The van der Waals surface area contributed by atoms with Gasteiger partial charge in [0.25, 0.3) is 0 Å². The van der Waals surface area contributed by atoms with Crippen molar-refractivity contribution in [2.45, 2.75) is 44.6 Å². The molecule has 2 atom stereocenters. The van der Waals surface area contributed by atoms with Crippen LogP contribution in [0.15, 0.2) is 22.7 Å². The second-order valence-corrected chi connectivity index (χ2v) is 7.02. The third-order valence-electron chi connectivity index (χ3n) is 4.29. The Labute approximate surface area is 122 Å². The number of hydrogen-bond acceptors (Lipinski definition) is 1. The minimum atomic E-state index is 0.641. The molecule has 0 radical (unpaired) electrons. The Morgan fingerprint density at radius 3 is 2.67 bits per heavy atom. The van der Waals surface area contributed by atoms with E-state index in [1.54, 1.807) is 0 Å². The molecule has 98 valence electrons. The third kappa shape index (κ3) is 3.03. The molecule has 3 heteroatoms. The van der Waals surface area contributed by atoms with E-state index in [0.717, 1.165) is 21.3 Å². The molecule has 3 rings (SSSR count). The van der Waals surface area contributed by atoms with Crippen LogP contribution in [0, 0.1) is 11.8 Å². The molecule has 2 saturated carbocycles. The lowest BCUT2D eigenvalue weighted by Crippen LogP contribution is -2.28. The smallest absolute Gasteiger partial charge is 0.0487 e. The Bertz CT molecular complexity index is 431. The number of nitrogens with one attached hydrogen (secondary N) is 1. The molecule has 0 saturated heterocycles. The molecule has 1 aromatic carbocycles. The number of benzene rings is 1. The van der Waals surface area contributed by atoms with Crippen molar-refractivity contribution in [2.75, 3.05) is 5.32 Å². The van der Waals surface area contributed by atoms with Crippen LogP contribution in [0.2, 0.25) is 5.02 Å². The van der Waals surface area contributed by atoms with E-state index in [1.807, 2.05) is 12.1 Å². The summed E-state index contributed by atoms with van der Waals surface area (Å²) in [5.41, 5.74) is 1.18. The summed E-state index contributed by atoms with van der Waals surface area (Å²) in [7, 11) is 0. The fourth-order valence-corrected chi connectivity index (χ4v) is 3.98. The first-order valence-corrected chi connectivity index (χ1v) is 8.11. The van der Waals surface area contributed by atoms with Crippen LogP contribution in [0.1, 0.15) is 38.5 Å². The largest absolute Gasteiger partial charge is 0.381 e. The van der Waals surface area contributed by atoms with E-state index < -0.39 is 0 Å². The van der Waals surface area contributed by atoms with Gasteiger partial charge in [0.1, 0.15) is 0 Å². The topological polar surface area (TPSA) is 12.0 Å². The summed E-state index contributed by atoms with van der Waals surface area (Å²) in [6, 6.07) is 6.63. The molecular formula is C15H19BrClN. The van der Waals surface area contributed by atoms with E-state index in [0.29, 0.717) is 6.04 Å². The van der Waals surface area contributed by atoms with Gasteiger partial charge in [0.15, 0.2) is 0 Å². The van der Waals surface area contributed by atoms with Crippen molar-refractivity contribution < 1.29 is 0 Å². The summed E-state index contributed by atoms with van der Waals surface area (Å²) in [4.78, 5) is 0. The molecule has 18 heavy (non-hydrogen) atoms. The van der Waals surface area contributed by atoms with Gasteiger partial charge < -0.3 is 5.32 Å². The van der Waals surface area contributed by atoms with Crippen molar-refractivity contribution in [3.8, 4) is 0 Å². The fraction of sp³-hybridized carbons (Fsp3) is 0.600. The first-order chi connectivity index (χ1) is 8.72. The fourth-order valence-electron chi connectivity index (χ4n) is 3.18. The Kier molecular flexibility index (Phi) is 3.86. The second kappa shape index (κ2) is 5.42. The van der Waals surface area contributed by atoms with E-state index in [-0.39, 0.29) is 0 Å². The highest BCUT2D eigenvalue weighted by Gasteiger charge is 2.34. The first kappa shape index (κ1) is 12.8. The first-order valence-electron chi connectivity index (χ1n) is 6.94. The molecule has 2 unspecified atom stereocenters. The minimum Gasteiger partial charge on any atom is -0.381 e. The predicted octanol–water partition coefficient (Wildman–Crippen LogP) is 5.48. The van der Waals surface area contributed by atoms with Gasteiger partial charge in [0.05, 0.1) is 0 Å². The van der Waals surface area contributed by atoms with Crippen molar-refractivity contribution in [3.63, 3.8) is 0 Å². The third-order valence-corrected chi connectivity index (χ3v) is 5.19. The van der Waals surface area contributed by atoms with Gasteiger partial charge in [-0.3, -0.25) is 0 Å². The van der Waals surface area contributed by atoms with Crippen molar-refractivity contribution >= 4 is 33.2 Å². The Hall–Kier alpha value is -0.210. The Balaban J connectivity index is 1.64. The average molecular weight is 329 g/mol. The van der Waals surface area contributed by atoms with E-state index in [1.165, 1.54) is 44.2 Å². The molecule has 1 nitrogen and oxygen atoms in total. The summed E-state index contributed by atoms with van der Waals surface area (Å²) < 4.78 is 1.07. The highest BCUT2D eigenvalue weighted by molar-refractivity contribution is 9.10. The van der Waals surface area contributed by atoms with Crippen LogP contribution in [-0.4, -0.2) is 6.04 Å². The summed E-state index contributed by atoms with van der Waals surface area (Å²) in [5.74, 6) is 2.02. The van der Waals surface area contributed by atoms with Crippen molar-refractivity contribution in [1.82, 2.24) is 0 Å². The van der Waals surface area contributed by atoms with Gasteiger partial charge in [-0.1, -0.05) is 24.4 Å². The monoisotopic (exact) mass is 327 g/mol. The maximum Gasteiger partial charge on any atom is 0.0487 e. The summed E-state index contributed by atoms with van der Waals surface area (Å²) in [6.45, 7) is 0. The van der Waals surface area contributed by atoms with E-state index in [9.17, 15) is 0 Å². The van der Waals surface area contributed by atoms with Crippen LogP contribution in [0.25, 0.3) is 0 Å². The highest BCUT2D eigenvalue weighted by Crippen LogP contribution is 2.44. The SMILES string of the molecule is Clc1ccc(NC2CCCC(C3CC3)C2)c(Br)c1. The van der Waals surface area contributed by atoms with Crippen LogP contribution in [0.4, 0.5) is 5.69 Å². The van der Waals surface area contributed by atoms with Crippen LogP contribution >= 0.6 is 27.5 Å². The van der Waals surface area contributed by atoms with Gasteiger partial charge >= 0.3 is 0 Å². The maximum atomic E-state index is 5.97. The van der Waals surface area contributed by atoms with Crippen molar-refractivity contribution in [3.05, 3.63) is 27.7 Å². The van der Waals surface area contributed by atoms with Crippen LogP contribution < -0.4 is 5.32 Å². The van der Waals surface area contributed by atoms with Gasteiger partial charge in [0.2, 0.25) is 0 Å². The number of halogens is 2. The number of hydrogen-bond donors (Lipinski definition) is 1. The normalized spacial score (nSPS) is 28.1. The van der Waals surface area contributed by atoms with Crippen molar-refractivity contribution in [2.24, 2.45) is 11.8 Å². The minimum absolute atomic E-state index is 0.641. The zero-order valence-corrected chi connectivity index (χ0v) is 12.8. The molecular weight excluding hydrogens is 310 g/mol. The van der Waals surface area contributed by atoms with Crippen LogP contribution in [0.3, 0.4) is 0 Å². The summed E-state index contributed by atoms with van der Waals surface area (Å²) >= 11 is 9.56. The molecule has 0 heterocycles. The van der Waals surface area contributed by atoms with Gasteiger partial charge in [-0.25, -0.2) is 0 Å². The van der Waals surface area contributed by atoms with Gasteiger partial charge in [-0.05, 0) is 71.6 Å². The molecule has 2 aliphatic carbocycles. The van der Waals surface area contributed by atoms with E-state index in [2.05, 4.69) is 27.3 Å². The lowest BCUT2D eigenvalue weighted by Gasteiger charge is -2.30. The van der Waals surface area contributed by atoms with Crippen LogP contribution in [-0.2, 0) is 0 Å². The second-order valence-electron chi connectivity index (χ2n) is 5.73. The zero-order valence-electron chi connectivity index (χ0n) is 10.5. The van der Waals surface area contributed by atoms with E-state index in [4.69, 9.17) is 11.6 Å². The molecule has 0 aliphatic heterocycles. The number of anilines is 1. The molecule has 1 aromatic rings. The average Bonchev–Trinajstić information content (AvgIpc) is 3.17. The summed E-state index contributed by atoms with van der Waals surface area (Å²) in [6.07, 6.45) is 8.43. The lowest BCUT2D eigenvalue weighted by molar-refractivity contribution is 0.303. The van der Waals surface area contributed by atoms with E-state index >= 15 is 0 Å². The van der Waals surface area contributed by atoms with Gasteiger partial charge in [-0.15, -0.1) is 0 Å². The molecule has 2 aliphatic rings. The Morgan fingerprint density at radius 2 is 1.94 bits per heavy atom. The number of rotatable bonds is 3. The molecule has 0 amide bonds. The molecule has 1 N–H and O–H groups in total. The lowest BCUT2D eigenvalue weighted by atomic mass is 9.82. The zero-order chi connectivity index (χ0) is 12.5. The molecule has 2 fully saturated rings. The van der Waals surface area contributed by atoms with Crippen LogP contribution in [0.5, 0.6) is 0 Å². The molecule has 0 spiro atoms. The summed E-state index contributed by atoms with van der Waals surface area (Å²) in [5, 5.41) is 4.47. The highest BCUT2D eigenvalue weighted by atomic mass is 79.9. The predicted molar refractivity (Wildman–Crippen MR) is 81.2 cm³/mol. The standard InChI is InChI=1S/C15H19BrClN/c16-14-9-12(17)6-7-15(14)18-13-3-1-2-11(8-13)10-4-5-10/h6-7,9-11,13,18H,1-5,8H2. The maximum absolute atomic E-state index is 5.97. The van der Waals surface area contributed by atoms with Gasteiger partial charge in [-0.2, -0.15) is 0 Å². The quantitative estimate of drug-likeness (QED) is 0.774. The molecule has 0 aromatic heterocycles. The Morgan fingerprint density at radius 1 is 1.11 bits per heavy atom. The van der Waals surface area contributed by atoms with Crippen molar-refractivity contribution in [1.29, 1.82) is 0 Å². The molecule has 0 bridgehead atoms. The van der Waals surface area contributed by atoms with Gasteiger partial charge in [0, 0.05) is 21.2 Å².